The zero-order chi connectivity index (χ0) is 9.14. The number of nitrogens with two attached hydrogens (primary N) is 1. The van der Waals surface area contributed by atoms with Crippen LogP contribution in [0.1, 0.15) is 5.56 Å². The molecule has 0 radical (unpaired) electrons. The summed E-state index contributed by atoms with van der Waals surface area (Å²) in [5.41, 5.74) is 7.68. The largest absolute Gasteiger partial charge is 0.496 e. The van der Waals surface area contributed by atoms with Crippen LogP contribution in [-0.2, 0) is 0 Å². The number of ether oxygens (including phenoxy) is 1. The fourth-order valence-electron chi connectivity index (χ4n) is 1.07. The molecule has 0 spiro atoms. The Balaban J connectivity index is 3.16. The second-order valence-corrected chi connectivity index (χ2v) is 3.41. The van der Waals surface area contributed by atoms with Crippen LogP contribution in [0.2, 0.25) is 0 Å². The third kappa shape index (κ3) is 1.67. The van der Waals surface area contributed by atoms with Crippen LogP contribution in [0, 0.1) is 6.92 Å². The lowest BCUT2D eigenvalue weighted by molar-refractivity contribution is 0.411. The van der Waals surface area contributed by atoms with Gasteiger partial charge in [-0.15, -0.1) is 11.8 Å². The predicted molar refractivity (Wildman–Crippen MR) is 53.9 cm³/mol. The van der Waals surface area contributed by atoms with Gasteiger partial charge in [0.05, 0.1) is 7.11 Å². The van der Waals surface area contributed by atoms with Gasteiger partial charge in [-0.1, -0.05) is 0 Å². The van der Waals surface area contributed by atoms with E-state index in [-0.39, 0.29) is 0 Å². The van der Waals surface area contributed by atoms with Gasteiger partial charge in [-0.2, -0.15) is 0 Å². The molecule has 1 aromatic carbocycles. The monoisotopic (exact) mass is 183 g/mol. The van der Waals surface area contributed by atoms with Crippen molar-refractivity contribution in [3.63, 3.8) is 0 Å². The molecule has 0 fully saturated rings. The SMILES string of the molecule is COc1cc(N)c(SC)cc1C. The number of hydrogen-bond acceptors (Lipinski definition) is 3. The van der Waals surface area contributed by atoms with E-state index in [4.69, 9.17) is 10.5 Å². The van der Waals surface area contributed by atoms with Crippen LogP contribution in [0.3, 0.4) is 0 Å². The van der Waals surface area contributed by atoms with Gasteiger partial charge in [0.1, 0.15) is 5.75 Å². The van der Waals surface area contributed by atoms with Gasteiger partial charge in [0, 0.05) is 16.6 Å². The van der Waals surface area contributed by atoms with Crippen LogP contribution in [0.25, 0.3) is 0 Å². The number of rotatable bonds is 2. The highest BCUT2D eigenvalue weighted by Gasteiger charge is 2.03. The Hall–Kier alpha value is -0.830. The second-order valence-electron chi connectivity index (χ2n) is 2.56. The van der Waals surface area contributed by atoms with Gasteiger partial charge in [-0.25, -0.2) is 0 Å². The molecular weight excluding hydrogens is 170 g/mol. The van der Waals surface area contributed by atoms with Gasteiger partial charge in [-0.05, 0) is 24.8 Å². The molecule has 12 heavy (non-hydrogen) atoms. The molecule has 0 aliphatic carbocycles. The van der Waals surface area contributed by atoms with Crippen LogP contribution < -0.4 is 10.5 Å². The van der Waals surface area contributed by atoms with E-state index in [0.717, 1.165) is 21.9 Å². The molecule has 0 atom stereocenters. The van der Waals surface area contributed by atoms with Gasteiger partial charge < -0.3 is 10.5 Å². The lowest BCUT2D eigenvalue weighted by Crippen LogP contribution is -1.93. The van der Waals surface area contributed by atoms with Crippen molar-refractivity contribution in [3.05, 3.63) is 17.7 Å². The molecular formula is C9H13NOS. The summed E-state index contributed by atoms with van der Waals surface area (Å²) in [5, 5.41) is 0. The molecule has 1 rings (SSSR count). The minimum absolute atomic E-state index is 0.782. The van der Waals surface area contributed by atoms with Gasteiger partial charge in [0.15, 0.2) is 0 Å². The lowest BCUT2D eigenvalue weighted by atomic mass is 10.2. The van der Waals surface area contributed by atoms with E-state index >= 15 is 0 Å². The first-order valence-corrected chi connectivity index (χ1v) is 4.89. The standard InChI is InChI=1S/C9H13NOS/c1-6-4-9(12-3)7(10)5-8(6)11-2/h4-5H,10H2,1-3H3. The molecule has 2 nitrogen and oxygen atoms in total. The number of thioether (sulfide) groups is 1. The zero-order valence-corrected chi connectivity index (χ0v) is 8.37. The Labute approximate surface area is 77.1 Å². The summed E-state index contributed by atoms with van der Waals surface area (Å²) in [7, 11) is 1.65. The Morgan fingerprint density at radius 2 is 2.08 bits per heavy atom. The molecule has 0 aliphatic rings. The minimum atomic E-state index is 0.782. The maximum Gasteiger partial charge on any atom is 0.123 e. The smallest absolute Gasteiger partial charge is 0.123 e. The van der Waals surface area contributed by atoms with Crippen molar-refractivity contribution in [2.75, 3.05) is 19.1 Å². The number of methoxy groups -OCH3 is 1. The van der Waals surface area contributed by atoms with Crippen molar-refractivity contribution in [2.45, 2.75) is 11.8 Å². The number of aryl methyl sites for hydroxylation is 1. The fourth-order valence-corrected chi connectivity index (χ4v) is 1.66. The van der Waals surface area contributed by atoms with E-state index in [1.54, 1.807) is 18.9 Å². The molecule has 66 valence electrons. The third-order valence-electron chi connectivity index (χ3n) is 1.75. The highest BCUT2D eigenvalue weighted by atomic mass is 32.2. The predicted octanol–water partition coefficient (Wildman–Crippen LogP) is 2.31. The van der Waals surface area contributed by atoms with Gasteiger partial charge in [-0.3, -0.25) is 0 Å². The number of benzene rings is 1. The van der Waals surface area contributed by atoms with Crippen molar-refractivity contribution in [3.8, 4) is 5.75 Å². The minimum Gasteiger partial charge on any atom is -0.496 e. The molecule has 0 aliphatic heterocycles. The first-order valence-electron chi connectivity index (χ1n) is 3.67. The van der Waals surface area contributed by atoms with Crippen molar-refractivity contribution >= 4 is 17.4 Å². The third-order valence-corrected chi connectivity index (χ3v) is 2.54. The highest BCUT2D eigenvalue weighted by molar-refractivity contribution is 7.98. The van der Waals surface area contributed by atoms with Crippen LogP contribution in [-0.4, -0.2) is 13.4 Å². The molecule has 0 aromatic heterocycles. The molecule has 1 aromatic rings. The number of nitrogen functional groups attached to an aromatic ring is 1. The average molecular weight is 183 g/mol. The van der Waals surface area contributed by atoms with Crippen molar-refractivity contribution in [1.29, 1.82) is 0 Å². The van der Waals surface area contributed by atoms with E-state index < -0.39 is 0 Å². The lowest BCUT2D eigenvalue weighted by Gasteiger charge is -2.08. The van der Waals surface area contributed by atoms with E-state index in [9.17, 15) is 0 Å². The number of anilines is 1. The van der Waals surface area contributed by atoms with E-state index in [2.05, 4.69) is 0 Å². The second kappa shape index (κ2) is 3.72. The fraction of sp³-hybridized carbons (Fsp3) is 0.333. The molecule has 0 saturated heterocycles. The highest BCUT2D eigenvalue weighted by Crippen LogP contribution is 2.30. The number of hydrogen-bond donors (Lipinski definition) is 1. The molecule has 3 heteroatoms. The normalized spacial score (nSPS) is 9.92. The van der Waals surface area contributed by atoms with Crippen molar-refractivity contribution < 1.29 is 4.74 Å². The quantitative estimate of drug-likeness (QED) is 0.564. The topological polar surface area (TPSA) is 35.2 Å². The summed E-state index contributed by atoms with van der Waals surface area (Å²) in [6, 6.07) is 3.90. The van der Waals surface area contributed by atoms with Gasteiger partial charge in [0.2, 0.25) is 0 Å². The maximum atomic E-state index is 5.78. The Morgan fingerprint density at radius 1 is 1.42 bits per heavy atom. The van der Waals surface area contributed by atoms with Crippen LogP contribution in [0.4, 0.5) is 5.69 Å². The summed E-state index contributed by atoms with van der Waals surface area (Å²) < 4.78 is 5.14. The molecule has 0 bridgehead atoms. The summed E-state index contributed by atoms with van der Waals surface area (Å²) in [4.78, 5) is 1.10. The van der Waals surface area contributed by atoms with Crippen LogP contribution in [0.5, 0.6) is 5.75 Å². The van der Waals surface area contributed by atoms with E-state index in [0.29, 0.717) is 0 Å². The molecule has 0 saturated carbocycles. The molecule has 0 heterocycles. The van der Waals surface area contributed by atoms with Gasteiger partial charge >= 0.3 is 0 Å². The molecule has 0 unspecified atom stereocenters. The van der Waals surface area contributed by atoms with E-state index in [1.807, 2.05) is 25.3 Å². The Bertz CT molecular complexity index is 256. The van der Waals surface area contributed by atoms with Crippen molar-refractivity contribution in [1.82, 2.24) is 0 Å². The van der Waals surface area contributed by atoms with Crippen LogP contribution in [0.15, 0.2) is 17.0 Å². The van der Waals surface area contributed by atoms with Gasteiger partial charge in [0.25, 0.3) is 0 Å². The van der Waals surface area contributed by atoms with Crippen LogP contribution >= 0.6 is 11.8 Å². The summed E-state index contributed by atoms with van der Waals surface area (Å²) in [5.74, 6) is 0.852. The van der Waals surface area contributed by atoms with Crippen molar-refractivity contribution in [2.24, 2.45) is 0 Å². The Kier molecular flexibility index (Phi) is 2.87. The summed E-state index contributed by atoms with van der Waals surface area (Å²) in [6.45, 7) is 2.01. The Morgan fingerprint density at radius 3 is 2.58 bits per heavy atom. The average Bonchev–Trinajstić information content (AvgIpc) is 2.08. The molecule has 2 N–H and O–H groups in total. The first kappa shape index (κ1) is 9.26. The van der Waals surface area contributed by atoms with E-state index in [1.165, 1.54) is 0 Å². The summed E-state index contributed by atoms with van der Waals surface area (Å²) in [6.07, 6.45) is 2.01. The zero-order valence-electron chi connectivity index (χ0n) is 7.55. The maximum absolute atomic E-state index is 5.78. The molecule has 0 amide bonds. The first-order chi connectivity index (χ1) is 5.69. The summed E-state index contributed by atoms with van der Waals surface area (Å²) >= 11 is 1.65.